The minimum Gasteiger partial charge on any atom is -0.369 e. The molecule has 0 unspecified atom stereocenters. The molecular weight excluding hydrogens is 224 g/mol. The van der Waals surface area contributed by atoms with Gasteiger partial charge in [0.15, 0.2) is 6.19 Å². The van der Waals surface area contributed by atoms with Gasteiger partial charge < -0.3 is 5.73 Å². The molecule has 0 spiro atoms. The quantitative estimate of drug-likeness (QED) is 0.354. The summed E-state index contributed by atoms with van der Waals surface area (Å²) >= 11 is 0. The molecule has 100 valence electrons. The van der Waals surface area contributed by atoms with E-state index in [0.29, 0.717) is 12.0 Å². The van der Waals surface area contributed by atoms with E-state index in [9.17, 15) is 5.26 Å². The molecular formula is C14H24N4. The lowest BCUT2D eigenvalue weighted by Crippen LogP contribution is -2.43. The van der Waals surface area contributed by atoms with Gasteiger partial charge in [0.05, 0.1) is 6.04 Å². The number of nitrogens with two attached hydrogens (primary N) is 1. The molecule has 0 aromatic rings. The van der Waals surface area contributed by atoms with Crippen LogP contribution in [0.5, 0.6) is 0 Å². The van der Waals surface area contributed by atoms with Gasteiger partial charge in [-0.15, -0.1) is 0 Å². The average molecular weight is 248 g/mol. The van der Waals surface area contributed by atoms with Crippen molar-refractivity contribution >= 4 is 5.96 Å². The first kappa shape index (κ1) is 13.2. The van der Waals surface area contributed by atoms with Crippen LogP contribution >= 0.6 is 0 Å². The van der Waals surface area contributed by atoms with Crippen LogP contribution in [0.15, 0.2) is 4.99 Å². The maximum atomic E-state index is 9.29. The molecule has 4 nitrogen and oxygen atoms in total. The van der Waals surface area contributed by atoms with Gasteiger partial charge >= 0.3 is 0 Å². The second-order valence-electron chi connectivity index (χ2n) is 5.54. The van der Waals surface area contributed by atoms with Crippen LogP contribution < -0.4 is 5.73 Å². The molecule has 4 heteroatoms. The summed E-state index contributed by atoms with van der Waals surface area (Å²) in [5.74, 6) is 0.455. The predicted octanol–water partition coefficient (Wildman–Crippen LogP) is 2.75. The summed E-state index contributed by atoms with van der Waals surface area (Å²) in [6, 6.07) is 0.634. The SMILES string of the molecule is N#CN(C(N)=NC1CCCCC1)C1CCCCC1. The van der Waals surface area contributed by atoms with Crippen LogP contribution in [0.4, 0.5) is 0 Å². The van der Waals surface area contributed by atoms with Crippen molar-refractivity contribution in [3.05, 3.63) is 0 Å². The van der Waals surface area contributed by atoms with Gasteiger partial charge in [-0.05, 0) is 25.7 Å². The number of hydrogen-bond donors (Lipinski definition) is 1. The third-order valence-corrected chi connectivity index (χ3v) is 4.18. The second-order valence-corrected chi connectivity index (χ2v) is 5.54. The molecule has 2 saturated carbocycles. The van der Waals surface area contributed by atoms with E-state index in [1.807, 2.05) is 0 Å². The van der Waals surface area contributed by atoms with Gasteiger partial charge in [-0.3, -0.25) is 0 Å². The fourth-order valence-electron chi connectivity index (χ4n) is 3.12. The Kier molecular flexibility index (Phi) is 4.86. The summed E-state index contributed by atoms with van der Waals surface area (Å²) in [7, 11) is 0. The molecule has 0 radical (unpaired) electrons. The van der Waals surface area contributed by atoms with Gasteiger partial charge in [0, 0.05) is 6.04 Å². The molecule has 0 aromatic carbocycles. The molecule has 0 amide bonds. The van der Waals surface area contributed by atoms with Gasteiger partial charge in [0.25, 0.3) is 0 Å². The van der Waals surface area contributed by atoms with Crippen LogP contribution in [-0.2, 0) is 0 Å². The van der Waals surface area contributed by atoms with E-state index in [1.165, 1.54) is 38.5 Å². The van der Waals surface area contributed by atoms with Gasteiger partial charge in [-0.1, -0.05) is 38.5 Å². The highest BCUT2D eigenvalue weighted by atomic mass is 15.3. The predicted molar refractivity (Wildman–Crippen MR) is 72.8 cm³/mol. The number of guanidine groups is 1. The summed E-state index contributed by atoms with van der Waals surface area (Å²) in [6.45, 7) is 0. The number of nitriles is 1. The lowest BCUT2D eigenvalue weighted by Gasteiger charge is -2.30. The van der Waals surface area contributed by atoms with E-state index in [4.69, 9.17) is 5.73 Å². The topological polar surface area (TPSA) is 65.4 Å². The maximum absolute atomic E-state index is 9.29. The second kappa shape index (κ2) is 6.63. The Morgan fingerprint density at radius 3 is 2.11 bits per heavy atom. The zero-order valence-electron chi connectivity index (χ0n) is 11.1. The van der Waals surface area contributed by atoms with Crippen molar-refractivity contribution in [1.82, 2.24) is 4.90 Å². The molecule has 2 aliphatic carbocycles. The highest BCUT2D eigenvalue weighted by Crippen LogP contribution is 2.23. The first-order valence-electron chi connectivity index (χ1n) is 7.33. The van der Waals surface area contributed by atoms with Crippen molar-refractivity contribution in [3.8, 4) is 6.19 Å². The van der Waals surface area contributed by atoms with Crippen LogP contribution in [0.1, 0.15) is 64.2 Å². The third kappa shape index (κ3) is 3.38. The maximum Gasteiger partial charge on any atom is 0.205 e. The first-order chi connectivity index (χ1) is 8.81. The molecule has 2 rings (SSSR count). The number of nitrogens with zero attached hydrogens (tertiary/aromatic N) is 3. The normalized spacial score (nSPS) is 23.6. The highest BCUT2D eigenvalue weighted by molar-refractivity contribution is 5.80. The zero-order chi connectivity index (χ0) is 12.8. The largest absolute Gasteiger partial charge is 0.369 e. The molecule has 2 fully saturated rings. The van der Waals surface area contributed by atoms with E-state index in [1.54, 1.807) is 4.90 Å². The lowest BCUT2D eigenvalue weighted by atomic mass is 9.94. The molecule has 0 aliphatic heterocycles. The summed E-state index contributed by atoms with van der Waals surface area (Å²) in [5, 5.41) is 9.29. The van der Waals surface area contributed by atoms with Crippen molar-refractivity contribution in [2.75, 3.05) is 0 Å². The Hall–Kier alpha value is -1.24. The standard InChI is InChI=1S/C14H24N4/c15-11-18(13-9-5-2-6-10-13)14(16)17-12-7-3-1-4-8-12/h12-13H,1-10H2,(H2,16,17). The first-order valence-corrected chi connectivity index (χ1v) is 7.33. The van der Waals surface area contributed by atoms with Crippen molar-refractivity contribution < 1.29 is 0 Å². The molecule has 0 bridgehead atoms. The van der Waals surface area contributed by atoms with E-state index in [0.717, 1.165) is 25.7 Å². The molecule has 0 saturated heterocycles. The number of aliphatic imine (C=N–C) groups is 1. The Morgan fingerprint density at radius 1 is 1.00 bits per heavy atom. The Bertz CT molecular complexity index is 319. The van der Waals surface area contributed by atoms with Crippen molar-refractivity contribution in [2.24, 2.45) is 10.7 Å². The van der Waals surface area contributed by atoms with E-state index < -0.39 is 0 Å². The van der Waals surface area contributed by atoms with Gasteiger partial charge in [0.1, 0.15) is 0 Å². The molecule has 0 aromatic heterocycles. The van der Waals surface area contributed by atoms with Crippen molar-refractivity contribution in [2.45, 2.75) is 76.3 Å². The van der Waals surface area contributed by atoms with Gasteiger partial charge in [-0.25, -0.2) is 9.89 Å². The number of rotatable bonds is 2. The number of hydrogen-bond acceptors (Lipinski definition) is 2. The molecule has 18 heavy (non-hydrogen) atoms. The fourth-order valence-corrected chi connectivity index (χ4v) is 3.12. The fraction of sp³-hybridized carbons (Fsp3) is 0.857. The molecule has 2 aliphatic rings. The van der Waals surface area contributed by atoms with Crippen LogP contribution in [0, 0.1) is 11.5 Å². The summed E-state index contributed by atoms with van der Waals surface area (Å²) < 4.78 is 0. The van der Waals surface area contributed by atoms with E-state index >= 15 is 0 Å². The Labute approximate surface area is 110 Å². The molecule has 0 atom stereocenters. The average Bonchev–Trinajstić information content (AvgIpc) is 2.42. The molecule has 2 N–H and O–H groups in total. The van der Waals surface area contributed by atoms with Crippen LogP contribution in [0.25, 0.3) is 0 Å². The Morgan fingerprint density at radius 2 is 1.56 bits per heavy atom. The lowest BCUT2D eigenvalue weighted by molar-refractivity contribution is 0.303. The minimum atomic E-state index is 0.288. The van der Waals surface area contributed by atoms with Gasteiger partial charge in [0.2, 0.25) is 5.96 Å². The monoisotopic (exact) mass is 248 g/mol. The van der Waals surface area contributed by atoms with E-state index in [-0.39, 0.29) is 6.04 Å². The van der Waals surface area contributed by atoms with Crippen LogP contribution in [0.3, 0.4) is 0 Å². The van der Waals surface area contributed by atoms with E-state index in [2.05, 4.69) is 11.2 Å². The zero-order valence-corrected chi connectivity index (χ0v) is 11.1. The smallest absolute Gasteiger partial charge is 0.205 e. The third-order valence-electron chi connectivity index (χ3n) is 4.18. The Balaban J connectivity index is 1.97. The van der Waals surface area contributed by atoms with Crippen LogP contribution in [-0.4, -0.2) is 22.9 Å². The van der Waals surface area contributed by atoms with Crippen LogP contribution in [0.2, 0.25) is 0 Å². The summed E-state index contributed by atoms with van der Waals surface area (Å²) in [4.78, 5) is 6.24. The molecule has 0 heterocycles. The van der Waals surface area contributed by atoms with Crippen molar-refractivity contribution in [3.63, 3.8) is 0 Å². The van der Waals surface area contributed by atoms with Gasteiger partial charge in [-0.2, -0.15) is 5.26 Å². The minimum absolute atomic E-state index is 0.288. The summed E-state index contributed by atoms with van der Waals surface area (Å²) in [6.07, 6.45) is 14.2. The summed E-state index contributed by atoms with van der Waals surface area (Å²) in [5.41, 5.74) is 6.04. The highest BCUT2D eigenvalue weighted by Gasteiger charge is 2.23. The van der Waals surface area contributed by atoms with Crippen molar-refractivity contribution in [1.29, 1.82) is 5.26 Å².